The van der Waals surface area contributed by atoms with E-state index < -0.39 is 29.6 Å². The third-order valence-corrected chi connectivity index (χ3v) is 7.23. The van der Waals surface area contributed by atoms with Gasteiger partial charge in [-0.25, -0.2) is 0 Å². The summed E-state index contributed by atoms with van der Waals surface area (Å²) < 4.78 is 5.79. The first-order chi connectivity index (χ1) is 13.8. The van der Waals surface area contributed by atoms with Crippen LogP contribution >= 0.6 is 0 Å². The van der Waals surface area contributed by atoms with Crippen molar-refractivity contribution in [3.05, 3.63) is 35.3 Å². The van der Waals surface area contributed by atoms with Gasteiger partial charge in [-0.05, 0) is 30.9 Å². The lowest BCUT2D eigenvalue weighted by molar-refractivity contribution is -0.140. The fraction of sp³-hybridized carbons (Fsp3) is 0.524. The largest absolute Gasteiger partial charge is 0.463 e. The zero-order valence-electron chi connectivity index (χ0n) is 16.2. The number of nitrogens with zero attached hydrogens (tertiary/aromatic N) is 2. The highest BCUT2D eigenvalue weighted by Gasteiger charge is 2.61. The van der Waals surface area contributed by atoms with E-state index in [-0.39, 0.29) is 36.2 Å². The van der Waals surface area contributed by atoms with Gasteiger partial charge < -0.3 is 9.52 Å². The van der Waals surface area contributed by atoms with Gasteiger partial charge in [-0.2, -0.15) is 0 Å². The molecule has 2 aliphatic heterocycles. The number of likely N-dealkylation sites (tertiary alicyclic amines) is 2. The van der Waals surface area contributed by atoms with Crippen molar-refractivity contribution >= 4 is 23.6 Å². The van der Waals surface area contributed by atoms with Gasteiger partial charge in [0.1, 0.15) is 18.1 Å². The summed E-state index contributed by atoms with van der Waals surface area (Å²) in [6.45, 7) is -0.265. The maximum Gasteiger partial charge on any atom is 0.233 e. The summed E-state index contributed by atoms with van der Waals surface area (Å²) >= 11 is 0. The van der Waals surface area contributed by atoms with Crippen LogP contribution in [0, 0.1) is 29.6 Å². The number of amides is 4. The highest BCUT2D eigenvalue weighted by molar-refractivity contribution is 6.07. The van der Waals surface area contributed by atoms with Gasteiger partial charge in [0.2, 0.25) is 23.6 Å². The van der Waals surface area contributed by atoms with Crippen molar-refractivity contribution in [1.82, 2.24) is 9.80 Å². The van der Waals surface area contributed by atoms with Crippen LogP contribution in [0.25, 0.3) is 0 Å². The second kappa shape index (κ2) is 6.13. The van der Waals surface area contributed by atoms with Gasteiger partial charge in [0, 0.05) is 14.1 Å². The van der Waals surface area contributed by atoms with E-state index in [4.69, 9.17) is 4.42 Å². The molecule has 0 radical (unpaired) electrons. The second-order valence-electron chi connectivity index (χ2n) is 8.46. The normalized spacial score (nSPS) is 36.3. The molecule has 4 aliphatic rings. The van der Waals surface area contributed by atoms with Crippen molar-refractivity contribution < 1.29 is 28.7 Å². The van der Waals surface area contributed by atoms with Gasteiger partial charge >= 0.3 is 0 Å². The Morgan fingerprint density at radius 2 is 1.59 bits per heavy atom. The highest BCUT2D eigenvalue weighted by atomic mass is 16.4. The van der Waals surface area contributed by atoms with Gasteiger partial charge in [0.15, 0.2) is 0 Å². The molecule has 152 valence electrons. The Balaban J connectivity index is 1.64. The lowest BCUT2D eigenvalue weighted by atomic mass is 9.58. The molecule has 5 rings (SSSR count). The molecule has 29 heavy (non-hydrogen) atoms. The Kier molecular flexibility index (Phi) is 3.87. The first-order valence-corrected chi connectivity index (χ1v) is 9.87. The standard InChI is InChI=1S/C21H22N2O6/c1-22-18(25)11-5-4-10-12(15(11)20(22)27)7-13-17(21(28)23(2)19(13)26)16(10)14-6-3-9(8-24)29-14/h3-4,6,11-13,15-17,24H,5,7-8H2,1-2H3/t11-,12+,13+,15-,16+,17+/m0/s1. The summed E-state index contributed by atoms with van der Waals surface area (Å²) in [6, 6.07) is 3.38. The lowest BCUT2D eigenvalue weighted by Crippen LogP contribution is -2.42. The van der Waals surface area contributed by atoms with Crippen molar-refractivity contribution in [3.8, 4) is 0 Å². The Hall–Kier alpha value is -2.74. The number of allylic oxidation sites excluding steroid dienone is 2. The number of carbonyl (C=O) groups is 4. The van der Waals surface area contributed by atoms with E-state index in [0.29, 0.717) is 24.4 Å². The number of carbonyl (C=O) groups excluding carboxylic acids is 4. The highest BCUT2D eigenvalue weighted by Crippen LogP contribution is 2.57. The Morgan fingerprint density at radius 3 is 2.24 bits per heavy atom. The Labute approximate surface area is 167 Å². The van der Waals surface area contributed by atoms with Gasteiger partial charge in [0.25, 0.3) is 0 Å². The predicted molar refractivity (Wildman–Crippen MR) is 97.7 cm³/mol. The minimum absolute atomic E-state index is 0.180. The smallest absolute Gasteiger partial charge is 0.233 e. The van der Waals surface area contributed by atoms with E-state index in [1.54, 1.807) is 12.1 Å². The van der Waals surface area contributed by atoms with Crippen LogP contribution in [0.15, 0.2) is 28.2 Å². The molecule has 4 amide bonds. The van der Waals surface area contributed by atoms with Gasteiger partial charge in [-0.3, -0.25) is 29.0 Å². The fourth-order valence-corrected chi connectivity index (χ4v) is 5.87. The van der Waals surface area contributed by atoms with E-state index in [9.17, 15) is 24.3 Å². The van der Waals surface area contributed by atoms with E-state index in [1.165, 1.54) is 23.9 Å². The van der Waals surface area contributed by atoms with Crippen molar-refractivity contribution in [2.24, 2.45) is 29.6 Å². The van der Waals surface area contributed by atoms with Gasteiger partial charge in [0.05, 0.1) is 29.6 Å². The first-order valence-electron chi connectivity index (χ1n) is 9.87. The SMILES string of the molecule is CN1C(=O)[C@H]2[C@H](CC=C3[C@H]2C[C@H]2C(=O)N(C)C(=O)[C@H]2[C@H]3c2ccc(CO)o2)C1=O. The third-order valence-electron chi connectivity index (χ3n) is 7.23. The topological polar surface area (TPSA) is 108 Å². The molecule has 1 N–H and O–H groups in total. The van der Waals surface area contributed by atoms with Crippen molar-refractivity contribution in [1.29, 1.82) is 0 Å². The number of rotatable bonds is 2. The average Bonchev–Trinajstić information content (AvgIpc) is 3.35. The van der Waals surface area contributed by atoms with Crippen LogP contribution in [0.4, 0.5) is 0 Å². The molecule has 0 aromatic carbocycles. The zero-order valence-corrected chi connectivity index (χ0v) is 16.2. The number of fused-ring (bicyclic) bond motifs is 4. The van der Waals surface area contributed by atoms with Crippen LogP contribution in [0.2, 0.25) is 0 Å². The van der Waals surface area contributed by atoms with E-state index >= 15 is 0 Å². The molecular formula is C21H22N2O6. The summed E-state index contributed by atoms with van der Waals surface area (Å²) in [5, 5.41) is 9.40. The maximum atomic E-state index is 12.9. The molecule has 8 nitrogen and oxygen atoms in total. The Bertz CT molecular complexity index is 978. The van der Waals surface area contributed by atoms with Crippen molar-refractivity contribution in [3.63, 3.8) is 0 Å². The minimum atomic E-state index is -0.589. The lowest BCUT2D eigenvalue weighted by Gasteiger charge is -2.43. The molecule has 0 bridgehead atoms. The summed E-state index contributed by atoms with van der Waals surface area (Å²) in [7, 11) is 2.99. The van der Waals surface area contributed by atoms with Crippen LogP contribution in [0.1, 0.15) is 30.3 Å². The average molecular weight is 398 g/mol. The number of aliphatic hydroxyl groups is 1. The fourth-order valence-electron chi connectivity index (χ4n) is 5.87. The van der Waals surface area contributed by atoms with Crippen molar-refractivity contribution in [2.75, 3.05) is 14.1 Å². The number of furan rings is 1. The molecule has 1 aromatic heterocycles. The minimum Gasteiger partial charge on any atom is -0.463 e. The molecule has 3 fully saturated rings. The summed E-state index contributed by atoms with van der Waals surface area (Å²) in [6.07, 6.45) is 2.78. The van der Waals surface area contributed by atoms with Gasteiger partial charge in [-0.15, -0.1) is 0 Å². The molecule has 3 heterocycles. The molecule has 8 heteroatoms. The van der Waals surface area contributed by atoms with E-state index in [1.807, 2.05) is 6.08 Å². The first kappa shape index (κ1) is 18.3. The molecule has 6 atom stereocenters. The summed E-state index contributed by atoms with van der Waals surface area (Å²) in [5.41, 5.74) is 0.902. The summed E-state index contributed by atoms with van der Waals surface area (Å²) in [5.74, 6) is -2.81. The van der Waals surface area contributed by atoms with Crippen molar-refractivity contribution in [2.45, 2.75) is 25.4 Å². The van der Waals surface area contributed by atoms with Crippen LogP contribution < -0.4 is 0 Å². The maximum absolute atomic E-state index is 12.9. The summed E-state index contributed by atoms with van der Waals surface area (Å²) in [4.78, 5) is 53.5. The van der Waals surface area contributed by atoms with Crippen LogP contribution in [-0.2, 0) is 25.8 Å². The van der Waals surface area contributed by atoms with Crippen LogP contribution in [0.3, 0.4) is 0 Å². The molecule has 0 unspecified atom stereocenters. The number of hydrogen-bond acceptors (Lipinski definition) is 6. The van der Waals surface area contributed by atoms with E-state index in [0.717, 1.165) is 5.57 Å². The monoisotopic (exact) mass is 398 g/mol. The molecule has 0 spiro atoms. The molecule has 1 saturated carbocycles. The quantitative estimate of drug-likeness (QED) is 0.579. The number of imide groups is 2. The third kappa shape index (κ3) is 2.29. The Morgan fingerprint density at radius 1 is 0.931 bits per heavy atom. The number of hydrogen-bond donors (Lipinski definition) is 1. The zero-order chi connectivity index (χ0) is 20.6. The molecular weight excluding hydrogens is 376 g/mol. The second-order valence-corrected chi connectivity index (χ2v) is 8.46. The van der Waals surface area contributed by atoms with E-state index in [2.05, 4.69) is 0 Å². The predicted octanol–water partition coefficient (Wildman–Crippen LogP) is 0.667. The molecule has 2 saturated heterocycles. The van der Waals surface area contributed by atoms with Gasteiger partial charge in [-0.1, -0.05) is 11.6 Å². The van der Waals surface area contributed by atoms with Crippen LogP contribution in [-0.4, -0.2) is 52.6 Å². The van der Waals surface area contributed by atoms with Crippen LogP contribution in [0.5, 0.6) is 0 Å². The molecule has 1 aromatic rings. The molecule has 2 aliphatic carbocycles. The number of aliphatic hydroxyl groups excluding tert-OH is 1.